The van der Waals surface area contributed by atoms with E-state index in [2.05, 4.69) is 4.98 Å². The van der Waals surface area contributed by atoms with E-state index in [1.54, 1.807) is 6.07 Å². The number of hydrogen-bond acceptors (Lipinski definition) is 5. The van der Waals surface area contributed by atoms with Gasteiger partial charge in [0.05, 0.1) is 23.8 Å². The third-order valence-electron chi connectivity index (χ3n) is 2.62. The van der Waals surface area contributed by atoms with Crippen molar-refractivity contribution in [3.8, 4) is 0 Å². The number of nitrogens with zero attached hydrogens (tertiary/aromatic N) is 2. The summed E-state index contributed by atoms with van der Waals surface area (Å²) in [6, 6.07) is 5.39. The number of rotatable bonds is 2. The first kappa shape index (κ1) is 11.3. The van der Waals surface area contributed by atoms with Crippen LogP contribution in [0.15, 0.2) is 18.2 Å². The molecule has 1 saturated heterocycles. The van der Waals surface area contributed by atoms with Crippen LogP contribution in [0, 0.1) is 0 Å². The van der Waals surface area contributed by atoms with E-state index in [0.717, 1.165) is 5.82 Å². The van der Waals surface area contributed by atoms with Gasteiger partial charge in [-0.3, -0.25) is 0 Å². The summed E-state index contributed by atoms with van der Waals surface area (Å²) in [5.74, 6) is 1.09. The second-order valence-electron chi connectivity index (χ2n) is 3.78. The van der Waals surface area contributed by atoms with E-state index in [0.29, 0.717) is 18.8 Å². The molecule has 1 aliphatic rings. The van der Waals surface area contributed by atoms with E-state index in [1.165, 1.54) is 0 Å². The predicted octanol–water partition coefficient (Wildman–Crippen LogP) is -0.191. The minimum atomic E-state index is -2.86. The number of aliphatic hydroxyl groups excluding tert-OH is 1. The van der Waals surface area contributed by atoms with Crippen molar-refractivity contribution in [3.05, 3.63) is 23.9 Å². The van der Waals surface area contributed by atoms with E-state index in [-0.39, 0.29) is 18.1 Å². The molecular formula is C10H14N2O3S. The maximum absolute atomic E-state index is 11.3. The fourth-order valence-electron chi connectivity index (χ4n) is 1.67. The van der Waals surface area contributed by atoms with Gasteiger partial charge >= 0.3 is 0 Å². The molecule has 1 fully saturated rings. The first-order chi connectivity index (χ1) is 7.61. The van der Waals surface area contributed by atoms with Crippen molar-refractivity contribution < 1.29 is 13.5 Å². The van der Waals surface area contributed by atoms with E-state index >= 15 is 0 Å². The monoisotopic (exact) mass is 242 g/mol. The molecule has 2 rings (SSSR count). The Kier molecular flexibility index (Phi) is 3.11. The first-order valence-corrected chi connectivity index (χ1v) is 6.95. The van der Waals surface area contributed by atoms with Crippen LogP contribution in [-0.2, 0) is 16.4 Å². The molecular weight excluding hydrogens is 228 g/mol. The lowest BCUT2D eigenvalue weighted by atomic mass is 10.3. The van der Waals surface area contributed by atoms with E-state index in [1.807, 2.05) is 17.0 Å². The maximum atomic E-state index is 11.3. The summed E-state index contributed by atoms with van der Waals surface area (Å²) in [5, 5.41) is 8.97. The van der Waals surface area contributed by atoms with Crippen LogP contribution >= 0.6 is 0 Å². The Labute approximate surface area is 94.6 Å². The topological polar surface area (TPSA) is 70.5 Å². The molecule has 5 nitrogen and oxygen atoms in total. The summed E-state index contributed by atoms with van der Waals surface area (Å²) in [6.45, 7) is 0.856. The Balaban J connectivity index is 2.13. The van der Waals surface area contributed by atoms with Crippen LogP contribution in [-0.4, -0.2) is 43.1 Å². The molecule has 0 amide bonds. The van der Waals surface area contributed by atoms with E-state index in [9.17, 15) is 8.42 Å². The number of hydrogen-bond donors (Lipinski definition) is 1. The maximum Gasteiger partial charge on any atom is 0.153 e. The molecule has 0 aromatic carbocycles. The van der Waals surface area contributed by atoms with Crippen molar-refractivity contribution in [2.75, 3.05) is 29.5 Å². The van der Waals surface area contributed by atoms with Crippen LogP contribution in [0.2, 0.25) is 0 Å². The molecule has 1 aromatic rings. The van der Waals surface area contributed by atoms with Crippen LogP contribution in [0.1, 0.15) is 5.69 Å². The van der Waals surface area contributed by atoms with Gasteiger partial charge < -0.3 is 10.0 Å². The summed E-state index contributed by atoms with van der Waals surface area (Å²) >= 11 is 0. The smallest absolute Gasteiger partial charge is 0.153 e. The minimum absolute atomic E-state index is 0.0972. The largest absolute Gasteiger partial charge is 0.390 e. The summed E-state index contributed by atoms with van der Waals surface area (Å²) in [7, 11) is -2.86. The van der Waals surface area contributed by atoms with Gasteiger partial charge in [0.2, 0.25) is 0 Å². The number of anilines is 1. The quantitative estimate of drug-likeness (QED) is 0.778. The normalized spacial score (nSPS) is 19.7. The molecule has 6 heteroatoms. The highest BCUT2D eigenvalue weighted by Crippen LogP contribution is 2.14. The van der Waals surface area contributed by atoms with Gasteiger partial charge in [-0.25, -0.2) is 13.4 Å². The molecule has 0 spiro atoms. The van der Waals surface area contributed by atoms with Gasteiger partial charge in [-0.05, 0) is 12.1 Å². The van der Waals surface area contributed by atoms with Crippen LogP contribution in [0.4, 0.5) is 5.82 Å². The molecule has 1 N–H and O–H groups in total. The fourth-order valence-corrected chi connectivity index (χ4v) is 2.87. The van der Waals surface area contributed by atoms with Crippen LogP contribution in [0.5, 0.6) is 0 Å². The Hall–Kier alpha value is -1.14. The standard InChI is InChI=1S/C10H14N2O3S/c13-8-9-2-1-3-10(11-9)12-4-6-16(14,15)7-5-12/h1-3,13H,4-8H2. The van der Waals surface area contributed by atoms with Crippen LogP contribution < -0.4 is 4.90 Å². The van der Waals surface area contributed by atoms with Crippen molar-refractivity contribution in [1.82, 2.24) is 4.98 Å². The zero-order chi connectivity index (χ0) is 11.6. The van der Waals surface area contributed by atoms with E-state index in [4.69, 9.17) is 5.11 Å². The molecule has 0 bridgehead atoms. The van der Waals surface area contributed by atoms with Crippen molar-refractivity contribution in [3.63, 3.8) is 0 Å². The Morgan fingerprint density at radius 1 is 1.31 bits per heavy atom. The molecule has 1 aliphatic heterocycles. The van der Waals surface area contributed by atoms with Gasteiger partial charge in [-0.1, -0.05) is 6.07 Å². The number of aliphatic hydroxyl groups is 1. The van der Waals surface area contributed by atoms with Gasteiger partial charge in [0.25, 0.3) is 0 Å². The molecule has 16 heavy (non-hydrogen) atoms. The molecule has 88 valence electrons. The van der Waals surface area contributed by atoms with E-state index < -0.39 is 9.84 Å². The number of sulfone groups is 1. The molecule has 0 radical (unpaired) electrons. The highest BCUT2D eigenvalue weighted by molar-refractivity contribution is 7.91. The van der Waals surface area contributed by atoms with Crippen LogP contribution in [0.3, 0.4) is 0 Å². The Morgan fingerprint density at radius 3 is 2.62 bits per heavy atom. The highest BCUT2D eigenvalue weighted by atomic mass is 32.2. The second kappa shape index (κ2) is 4.39. The van der Waals surface area contributed by atoms with Crippen LogP contribution in [0.25, 0.3) is 0 Å². The predicted molar refractivity (Wildman–Crippen MR) is 61.0 cm³/mol. The van der Waals surface area contributed by atoms with Crippen molar-refractivity contribution in [2.45, 2.75) is 6.61 Å². The van der Waals surface area contributed by atoms with Crippen molar-refractivity contribution >= 4 is 15.7 Å². The zero-order valence-electron chi connectivity index (χ0n) is 8.83. The van der Waals surface area contributed by atoms with Gasteiger partial charge in [0.1, 0.15) is 5.82 Å². The number of aromatic nitrogens is 1. The third-order valence-corrected chi connectivity index (χ3v) is 4.23. The van der Waals surface area contributed by atoms with Gasteiger partial charge in [-0.15, -0.1) is 0 Å². The second-order valence-corrected chi connectivity index (χ2v) is 6.09. The minimum Gasteiger partial charge on any atom is -0.390 e. The molecule has 2 heterocycles. The zero-order valence-corrected chi connectivity index (χ0v) is 9.65. The third kappa shape index (κ3) is 2.51. The highest BCUT2D eigenvalue weighted by Gasteiger charge is 2.22. The summed E-state index contributed by atoms with van der Waals surface area (Å²) in [6.07, 6.45) is 0. The Morgan fingerprint density at radius 2 is 2.00 bits per heavy atom. The number of pyridine rings is 1. The van der Waals surface area contributed by atoms with Gasteiger partial charge in [0, 0.05) is 13.1 Å². The lowest BCUT2D eigenvalue weighted by molar-refractivity contribution is 0.277. The average molecular weight is 242 g/mol. The fraction of sp³-hybridized carbons (Fsp3) is 0.500. The summed E-state index contributed by atoms with van der Waals surface area (Å²) < 4.78 is 22.5. The first-order valence-electron chi connectivity index (χ1n) is 5.13. The molecule has 0 unspecified atom stereocenters. The molecule has 0 saturated carbocycles. The summed E-state index contributed by atoms with van der Waals surface area (Å²) in [5.41, 5.74) is 0.603. The van der Waals surface area contributed by atoms with Gasteiger partial charge in [-0.2, -0.15) is 0 Å². The summed E-state index contributed by atoms with van der Waals surface area (Å²) in [4.78, 5) is 6.17. The molecule has 0 aliphatic carbocycles. The Bertz CT molecular complexity index is 459. The lowest BCUT2D eigenvalue weighted by Crippen LogP contribution is -2.40. The van der Waals surface area contributed by atoms with Crippen molar-refractivity contribution in [2.24, 2.45) is 0 Å². The van der Waals surface area contributed by atoms with Gasteiger partial charge in [0.15, 0.2) is 9.84 Å². The SMILES string of the molecule is O=S1(=O)CCN(c2cccc(CO)n2)CC1. The lowest BCUT2D eigenvalue weighted by Gasteiger charge is -2.27. The van der Waals surface area contributed by atoms with Crippen molar-refractivity contribution in [1.29, 1.82) is 0 Å². The molecule has 1 aromatic heterocycles. The average Bonchev–Trinajstić information content (AvgIpc) is 2.29. The molecule has 0 atom stereocenters.